The lowest BCUT2D eigenvalue weighted by molar-refractivity contribution is -0.115. The minimum Gasteiger partial charge on any atom is -0.321 e. The average Bonchev–Trinajstić information content (AvgIpc) is 2.97. The second kappa shape index (κ2) is 5.36. The van der Waals surface area contributed by atoms with Crippen LogP contribution in [-0.4, -0.2) is 25.9 Å². The number of nitrogens with one attached hydrogen (secondary N) is 1. The Balaban J connectivity index is 2.12. The Kier molecular flexibility index (Phi) is 3.65. The minimum absolute atomic E-state index is 0.230. The van der Waals surface area contributed by atoms with E-state index in [-0.39, 0.29) is 22.5 Å². The maximum absolute atomic E-state index is 12.9. The van der Waals surface area contributed by atoms with E-state index in [1.54, 1.807) is 31.3 Å². The number of hydrogen-bond donors (Lipinski definition) is 1. The summed E-state index contributed by atoms with van der Waals surface area (Å²) in [6.07, 6.45) is 2.31. The number of anilines is 2. The van der Waals surface area contributed by atoms with Gasteiger partial charge >= 0.3 is 0 Å². The van der Waals surface area contributed by atoms with Gasteiger partial charge in [-0.3, -0.25) is 4.79 Å². The predicted octanol–water partition coefficient (Wildman–Crippen LogP) is 2.16. The molecule has 1 aliphatic heterocycles. The lowest BCUT2D eigenvalue weighted by Crippen LogP contribution is -2.42. The molecule has 0 aliphatic carbocycles. The number of nitrogens with zero attached hydrogens (tertiary/aromatic N) is 2. The molecule has 1 N–H and O–H groups in total. The average molecular weight is 337 g/mol. The first-order chi connectivity index (χ1) is 10.4. The fourth-order valence-electron chi connectivity index (χ4n) is 2.27. The van der Waals surface area contributed by atoms with Crippen LogP contribution in [0.5, 0.6) is 0 Å². The van der Waals surface area contributed by atoms with Crippen molar-refractivity contribution in [1.82, 2.24) is 4.98 Å². The molecule has 22 heavy (non-hydrogen) atoms. The number of aromatic nitrogens is 1. The molecule has 0 fully saturated rings. The van der Waals surface area contributed by atoms with Crippen LogP contribution in [0.15, 0.2) is 28.6 Å². The summed E-state index contributed by atoms with van der Waals surface area (Å²) in [5.74, 6) is -0.0921. The first-order valence-electron chi connectivity index (χ1n) is 6.80. The largest absolute Gasteiger partial charge is 0.321 e. The van der Waals surface area contributed by atoms with Crippen molar-refractivity contribution in [1.29, 1.82) is 0 Å². The second-order valence-electron chi connectivity index (χ2n) is 4.96. The highest BCUT2D eigenvalue weighted by Crippen LogP contribution is 2.35. The predicted molar refractivity (Wildman–Crippen MR) is 85.8 cm³/mol. The number of carbonyl (C=O) groups excluding carboxylic acids is 1. The van der Waals surface area contributed by atoms with E-state index in [2.05, 4.69) is 10.3 Å². The van der Waals surface area contributed by atoms with Gasteiger partial charge in [-0.05, 0) is 37.1 Å². The van der Waals surface area contributed by atoms with Crippen LogP contribution < -0.4 is 9.62 Å². The zero-order chi connectivity index (χ0) is 15.9. The molecule has 0 unspecified atom stereocenters. The van der Waals surface area contributed by atoms with E-state index < -0.39 is 10.0 Å². The Bertz CT molecular complexity index is 843. The van der Waals surface area contributed by atoms with Gasteiger partial charge in [0.05, 0.1) is 5.69 Å². The summed E-state index contributed by atoms with van der Waals surface area (Å²) >= 11 is 1.22. The third-order valence-corrected chi connectivity index (χ3v) is 6.89. The Labute approximate surface area is 132 Å². The summed E-state index contributed by atoms with van der Waals surface area (Å²) in [6, 6.07) is 5.11. The van der Waals surface area contributed by atoms with E-state index in [4.69, 9.17) is 0 Å². The van der Waals surface area contributed by atoms with Crippen LogP contribution in [0.2, 0.25) is 0 Å². The fraction of sp³-hybridized carbons (Fsp3) is 0.286. The van der Waals surface area contributed by atoms with Crippen LogP contribution in [0.25, 0.3) is 0 Å². The van der Waals surface area contributed by atoms with Crippen molar-refractivity contribution in [2.45, 2.75) is 24.5 Å². The van der Waals surface area contributed by atoms with Gasteiger partial charge in [0.1, 0.15) is 10.8 Å². The van der Waals surface area contributed by atoms with Gasteiger partial charge in [0.2, 0.25) is 5.91 Å². The highest BCUT2D eigenvalue weighted by molar-refractivity contribution is 7.94. The first-order valence-corrected chi connectivity index (χ1v) is 9.06. The molecule has 116 valence electrons. The second-order valence-corrected chi connectivity index (χ2v) is 8.22. The van der Waals surface area contributed by atoms with E-state index >= 15 is 0 Å². The van der Waals surface area contributed by atoms with Crippen molar-refractivity contribution in [3.63, 3.8) is 0 Å². The van der Waals surface area contributed by atoms with E-state index in [0.717, 1.165) is 21.2 Å². The summed E-state index contributed by atoms with van der Waals surface area (Å²) < 4.78 is 27.0. The van der Waals surface area contributed by atoms with Crippen LogP contribution in [0, 0.1) is 6.92 Å². The van der Waals surface area contributed by atoms with E-state index in [1.165, 1.54) is 11.3 Å². The lowest BCUT2D eigenvalue weighted by Gasteiger charge is -2.29. The van der Waals surface area contributed by atoms with Crippen LogP contribution in [0.3, 0.4) is 0 Å². The molecule has 0 bridgehead atoms. The van der Waals surface area contributed by atoms with Gasteiger partial charge < -0.3 is 5.32 Å². The molecular formula is C14H15N3O3S2. The van der Waals surface area contributed by atoms with Gasteiger partial charge in [0, 0.05) is 11.1 Å². The van der Waals surface area contributed by atoms with Crippen LogP contribution in [0.1, 0.15) is 17.4 Å². The maximum atomic E-state index is 12.9. The topological polar surface area (TPSA) is 79.4 Å². The fourth-order valence-corrected chi connectivity index (χ4v) is 5.06. The third kappa shape index (κ3) is 2.38. The molecule has 1 aliphatic rings. The number of fused-ring (bicyclic) bond motifs is 1. The number of sulfonamides is 1. The summed E-state index contributed by atoms with van der Waals surface area (Å²) in [5, 5.41) is 2.69. The molecule has 8 heteroatoms. The van der Waals surface area contributed by atoms with Crippen LogP contribution >= 0.6 is 11.3 Å². The van der Waals surface area contributed by atoms with Gasteiger partial charge in [-0.1, -0.05) is 6.92 Å². The van der Waals surface area contributed by atoms with Crippen LogP contribution in [0.4, 0.5) is 11.5 Å². The quantitative estimate of drug-likeness (QED) is 0.931. The number of aryl methyl sites for hydroxylation is 2. The zero-order valence-corrected chi connectivity index (χ0v) is 13.8. The number of hydrogen-bond acceptors (Lipinski definition) is 5. The number of rotatable bonds is 3. The lowest BCUT2D eigenvalue weighted by atomic mass is 10.2. The number of amides is 1. The van der Waals surface area contributed by atoms with Crippen molar-refractivity contribution in [2.24, 2.45) is 0 Å². The molecule has 3 heterocycles. The van der Waals surface area contributed by atoms with Crippen molar-refractivity contribution >= 4 is 38.8 Å². The monoisotopic (exact) mass is 337 g/mol. The summed E-state index contributed by atoms with van der Waals surface area (Å²) in [4.78, 5) is 17.0. The maximum Gasteiger partial charge on any atom is 0.275 e. The first kappa shape index (κ1) is 15.0. The van der Waals surface area contributed by atoms with Gasteiger partial charge in [-0.25, -0.2) is 17.7 Å². The Morgan fingerprint density at radius 2 is 2.14 bits per heavy atom. The molecule has 2 aromatic heterocycles. The van der Waals surface area contributed by atoms with Crippen molar-refractivity contribution in [3.8, 4) is 0 Å². The molecule has 3 rings (SSSR count). The molecule has 0 saturated carbocycles. The van der Waals surface area contributed by atoms with Gasteiger partial charge in [0.15, 0.2) is 5.82 Å². The van der Waals surface area contributed by atoms with Gasteiger partial charge in [-0.2, -0.15) is 0 Å². The van der Waals surface area contributed by atoms with Gasteiger partial charge in [-0.15, -0.1) is 11.3 Å². The highest BCUT2D eigenvalue weighted by Gasteiger charge is 2.35. The molecule has 0 radical (unpaired) electrons. The number of carbonyl (C=O) groups is 1. The Morgan fingerprint density at radius 3 is 2.82 bits per heavy atom. The van der Waals surface area contributed by atoms with E-state index in [1.807, 2.05) is 6.92 Å². The van der Waals surface area contributed by atoms with Crippen molar-refractivity contribution < 1.29 is 13.2 Å². The molecular weight excluding hydrogens is 322 g/mol. The molecule has 6 nitrogen and oxygen atoms in total. The Hall–Kier alpha value is -1.93. The smallest absolute Gasteiger partial charge is 0.275 e. The van der Waals surface area contributed by atoms with Crippen molar-refractivity contribution in [2.75, 3.05) is 16.2 Å². The molecule has 1 amide bonds. The molecule has 0 aromatic carbocycles. The zero-order valence-electron chi connectivity index (χ0n) is 12.2. The Morgan fingerprint density at radius 1 is 1.36 bits per heavy atom. The normalized spacial score (nSPS) is 14.6. The SMILES string of the molecule is CCc1ccc(S(=O)(=O)N2CC(=O)Nc3c(C)ccnc32)s1. The minimum atomic E-state index is -3.79. The van der Waals surface area contributed by atoms with Crippen molar-refractivity contribution in [3.05, 3.63) is 34.8 Å². The van der Waals surface area contributed by atoms with E-state index in [9.17, 15) is 13.2 Å². The van der Waals surface area contributed by atoms with Gasteiger partial charge in [0.25, 0.3) is 10.0 Å². The summed E-state index contributed by atoms with van der Waals surface area (Å²) in [7, 11) is -3.79. The number of pyridine rings is 1. The highest BCUT2D eigenvalue weighted by atomic mass is 32.2. The molecule has 2 aromatic rings. The number of thiophene rings is 1. The third-order valence-electron chi connectivity index (χ3n) is 3.46. The van der Waals surface area contributed by atoms with Crippen LogP contribution in [-0.2, 0) is 21.2 Å². The molecule has 0 saturated heterocycles. The molecule has 0 spiro atoms. The molecule has 0 atom stereocenters. The summed E-state index contributed by atoms with van der Waals surface area (Å²) in [5.41, 5.74) is 1.23. The van der Waals surface area contributed by atoms with E-state index in [0.29, 0.717) is 5.69 Å². The summed E-state index contributed by atoms with van der Waals surface area (Å²) in [6.45, 7) is 3.51. The standard InChI is InChI=1S/C14H15N3O3S2/c1-3-10-4-5-12(21-10)22(19,20)17-8-11(18)16-13-9(2)6-7-15-14(13)17/h4-7H,3,8H2,1-2H3,(H,16,18).